The second kappa shape index (κ2) is 11.3. The number of nitrogens with one attached hydrogen (secondary N) is 2. The Morgan fingerprint density at radius 1 is 1.11 bits per heavy atom. The molecule has 4 aromatic rings. The molecule has 2 aliphatic heterocycles. The van der Waals surface area contributed by atoms with Crippen molar-refractivity contribution in [3.63, 3.8) is 0 Å². The highest BCUT2D eigenvalue weighted by atomic mass is 32.2. The third-order valence-electron chi connectivity index (χ3n) is 8.22. The normalized spacial score (nSPS) is 16.4. The number of aromatic amines is 1. The monoisotopic (exact) mass is 669 g/mol. The molecule has 0 aliphatic carbocycles. The van der Waals surface area contributed by atoms with Crippen LogP contribution in [-0.4, -0.2) is 81.5 Å². The summed E-state index contributed by atoms with van der Waals surface area (Å²) < 4.78 is 63.4. The first-order chi connectivity index (χ1) is 22.1. The lowest BCUT2D eigenvalue weighted by Gasteiger charge is -2.36. The van der Waals surface area contributed by atoms with E-state index in [0.717, 1.165) is 4.31 Å². The van der Waals surface area contributed by atoms with Gasteiger partial charge in [-0.3, -0.25) is 19.6 Å². The largest absolute Gasteiger partial charge is 0.486 e. The van der Waals surface area contributed by atoms with Crippen molar-refractivity contribution in [1.29, 1.82) is 0 Å². The Morgan fingerprint density at radius 2 is 1.79 bits per heavy atom. The maximum atomic E-state index is 13.9. The second-order valence-corrected chi connectivity index (χ2v) is 13.7. The van der Waals surface area contributed by atoms with Crippen LogP contribution in [0.5, 0.6) is 5.75 Å². The highest BCUT2D eigenvalue weighted by Crippen LogP contribution is 2.44. The van der Waals surface area contributed by atoms with Crippen LogP contribution in [0.4, 0.5) is 14.6 Å². The fourth-order valence-electron chi connectivity index (χ4n) is 5.86. The van der Waals surface area contributed by atoms with Crippen molar-refractivity contribution in [2.24, 2.45) is 5.73 Å². The van der Waals surface area contributed by atoms with Gasteiger partial charge in [0.15, 0.2) is 5.82 Å². The molecule has 0 bridgehead atoms. The quantitative estimate of drug-likeness (QED) is 0.207. The van der Waals surface area contributed by atoms with Crippen molar-refractivity contribution in [1.82, 2.24) is 24.0 Å². The maximum Gasteiger partial charge on any atom is 0.352 e. The maximum absolute atomic E-state index is 13.9. The van der Waals surface area contributed by atoms with Crippen LogP contribution in [0.15, 0.2) is 53.6 Å². The molecule has 246 valence electrons. The van der Waals surface area contributed by atoms with Gasteiger partial charge in [-0.2, -0.15) is 9.40 Å². The molecule has 1 saturated heterocycles. The van der Waals surface area contributed by atoms with E-state index in [-0.39, 0.29) is 52.3 Å². The van der Waals surface area contributed by atoms with Crippen molar-refractivity contribution in [3.05, 3.63) is 88.4 Å². The summed E-state index contributed by atoms with van der Waals surface area (Å²) in [6.07, 6.45) is 1.20. The van der Waals surface area contributed by atoms with Crippen molar-refractivity contribution in [2.45, 2.75) is 36.9 Å². The number of halogens is 2. The van der Waals surface area contributed by atoms with Crippen LogP contribution in [0.3, 0.4) is 0 Å². The number of benzene rings is 2. The van der Waals surface area contributed by atoms with Gasteiger partial charge in [-0.05, 0) is 57.3 Å². The summed E-state index contributed by atoms with van der Waals surface area (Å²) in [5.74, 6) is -5.14. The van der Waals surface area contributed by atoms with Crippen LogP contribution < -0.4 is 15.8 Å². The van der Waals surface area contributed by atoms with Crippen molar-refractivity contribution in [2.75, 3.05) is 25.5 Å². The Morgan fingerprint density at radius 3 is 2.40 bits per heavy atom. The third kappa shape index (κ3) is 5.51. The van der Waals surface area contributed by atoms with E-state index in [1.807, 2.05) is 11.9 Å². The van der Waals surface area contributed by atoms with E-state index >= 15 is 0 Å². The van der Waals surface area contributed by atoms with Crippen LogP contribution in [0.1, 0.15) is 56.3 Å². The molecule has 5 N–H and O–H groups in total. The van der Waals surface area contributed by atoms with Gasteiger partial charge < -0.3 is 25.5 Å². The molecule has 47 heavy (non-hydrogen) atoms. The summed E-state index contributed by atoms with van der Waals surface area (Å²) in [6, 6.07) is 7.40. The van der Waals surface area contributed by atoms with Crippen LogP contribution in [0.25, 0.3) is 5.69 Å². The van der Waals surface area contributed by atoms with Crippen LogP contribution in [0.2, 0.25) is 0 Å². The zero-order valence-electron chi connectivity index (χ0n) is 25.2. The van der Waals surface area contributed by atoms with E-state index < -0.39 is 49.9 Å². The number of anilines is 1. The number of amides is 2. The summed E-state index contributed by atoms with van der Waals surface area (Å²) in [5.41, 5.74) is 4.56. The number of carboxylic acids is 1. The van der Waals surface area contributed by atoms with E-state index in [2.05, 4.69) is 15.5 Å². The number of likely N-dealkylation sites (tertiary alicyclic amines) is 1. The molecule has 0 saturated carbocycles. The molecule has 0 atom stereocenters. The SMILES string of the molecule is CN1CC(Oc2cc(C(N)=O)c(C(=O)Nc3n[nH]c4c3CN(S(=O)(=O)c3cc(F)cc(F)c3)C4(C)C)cc2-n2cccc2C(=O)O)C1. The molecule has 2 aromatic heterocycles. The summed E-state index contributed by atoms with van der Waals surface area (Å²) in [7, 11) is -2.55. The van der Waals surface area contributed by atoms with Crippen molar-refractivity contribution < 1.29 is 41.4 Å². The zero-order valence-corrected chi connectivity index (χ0v) is 26.1. The molecule has 17 heteroatoms. The van der Waals surface area contributed by atoms with Crippen LogP contribution >= 0.6 is 0 Å². The van der Waals surface area contributed by atoms with E-state index in [9.17, 15) is 36.7 Å². The number of sulfonamides is 1. The number of hydrogen-bond donors (Lipinski definition) is 4. The molecule has 4 heterocycles. The Balaban J connectivity index is 1.37. The Labute approximate surface area is 266 Å². The van der Waals surface area contributed by atoms with Gasteiger partial charge in [0, 0.05) is 37.5 Å². The fraction of sp³-hybridized carbons (Fsp3) is 0.267. The van der Waals surface area contributed by atoms with Gasteiger partial charge in [0.2, 0.25) is 15.9 Å². The molecule has 0 spiro atoms. The molecule has 2 aliphatic rings. The molecule has 2 amide bonds. The van der Waals surface area contributed by atoms with E-state index in [1.165, 1.54) is 35.0 Å². The number of carbonyl (C=O) groups is 3. The lowest BCUT2D eigenvalue weighted by molar-refractivity contribution is 0.0387. The molecule has 0 radical (unpaired) electrons. The standard InChI is InChI=1S/C30H29F2N7O7S/c1-30(2)25-21(14-39(30)47(44,45)18-8-15(31)7-16(32)9-18)27(36-35-25)34-28(41)20-10-23(38-6-4-5-22(38)29(42)43)24(11-19(20)26(33)40)46-17-12-37(3)13-17/h4-11,17H,12-14H2,1-3H3,(H2,33,40)(H,42,43)(H2,34,35,36,41). The number of carboxylic acid groups (broad SMARTS) is 1. The number of aromatic nitrogens is 3. The van der Waals surface area contributed by atoms with Crippen molar-refractivity contribution >= 4 is 33.6 Å². The Hall–Kier alpha value is -5.13. The lowest BCUT2D eigenvalue weighted by atomic mass is 10.0. The highest BCUT2D eigenvalue weighted by molar-refractivity contribution is 7.89. The Kier molecular flexibility index (Phi) is 7.65. The van der Waals surface area contributed by atoms with Gasteiger partial charge in [-0.1, -0.05) is 0 Å². The number of nitrogens with two attached hydrogens (primary N) is 1. The molecule has 0 unspecified atom stereocenters. The highest BCUT2D eigenvalue weighted by Gasteiger charge is 2.48. The lowest BCUT2D eigenvalue weighted by Crippen LogP contribution is -2.51. The fourth-order valence-corrected chi connectivity index (χ4v) is 7.63. The smallest absolute Gasteiger partial charge is 0.352 e. The predicted molar refractivity (Wildman–Crippen MR) is 162 cm³/mol. The number of H-pyrrole nitrogens is 1. The summed E-state index contributed by atoms with van der Waals surface area (Å²) in [4.78, 5) is 39.8. The number of fused-ring (bicyclic) bond motifs is 1. The number of aromatic carboxylic acids is 1. The van der Waals surface area contributed by atoms with Gasteiger partial charge in [0.25, 0.3) is 5.91 Å². The zero-order chi connectivity index (χ0) is 34.0. The van der Waals surface area contributed by atoms with Crippen LogP contribution in [-0.2, 0) is 22.1 Å². The number of rotatable bonds is 9. The summed E-state index contributed by atoms with van der Waals surface area (Å²) >= 11 is 0. The van der Waals surface area contributed by atoms with Crippen LogP contribution in [0, 0.1) is 11.6 Å². The first kappa shape index (κ1) is 31.8. The minimum Gasteiger partial charge on any atom is -0.486 e. The van der Waals surface area contributed by atoms with Gasteiger partial charge in [-0.25, -0.2) is 22.0 Å². The average molecular weight is 670 g/mol. The molecular formula is C30H29F2N7O7S. The number of likely N-dealkylation sites (N-methyl/N-ethyl adjacent to an activating group) is 1. The molecule has 14 nitrogen and oxygen atoms in total. The number of ether oxygens (including phenoxy) is 1. The van der Waals surface area contributed by atoms with E-state index in [1.54, 1.807) is 13.8 Å². The minimum atomic E-state index is -4.44. The number of nitrogens with zero attached hydrogens (tertiary/aromatic N) is 4. The molecule has 6 rings (SSSR count). The molecule has 2 aromatic carbocycles. The van der Waals surface area contributed by atoms with Gasteiger partial charge in [0.1, 0.15) is 29.2 Å². The Bertz CT molecular complexity index is 2050. The summed E-state index contributed by atoms with van der Waals surface area (Å²) in [5, 5.41) is 19.3. The second-order valence-electron chi connectivity index (χ2n) is 11.8. The minimum absolute atomic E-state index is 0.0665. The first-order valence-corrected chi connectivity index (χ1v) is 15.6. The average Bonchev–Trinajstić information content (AvgIpc) is 3.68. The number of hydrogen-bond acceptors (Lipinski definition) is 8. The summed E-state index contributed by atoms with van der Waals surface area (Å²) in [6.45, 7) is 3.95. The van der Waals surface area contributed by atoms with Gasteiger partial charge in [-0.15, -0.1) is 0 Å². The van der Waals surface area contributed by atoms with Gasteiger partial charge >= 0.3 is 5.97 Å². The topological polar surface area (TPSA) is 193 Å². The third-order valence-corrected chi connectivity index (χ3v) is 10.2. The van der Waals surface area contributed by atoms with Crippen molar-refractivity contribution in [3.8, 4) is 11.4 Å². The predicted octanol–water partition coefficient (Wildman–Crippen LogP) is 2.66. The molecular weight excluding hydrogens is 640 g/mol. The molecule has 1 fully saturated rings. The van der Waals surface area contributed by atoms with E-state index in [0.29, 0.717) is 37.0 Å². The van der Waals surface area contributed by atoms with Gasteiger partial charge in [0.05, 0.1) is 32.9 Å². The number of primary amides is 1. The first-order valence-electron chi connectivity index (χ1n) is 14.2. The van der Waals surface area contributed by atoms with E-state index in [4.69, 9.17) is 10.5 Å². The number of carbonyl (C=O) groups excluding carboxylic acids is 2.